The van der Waals surface area contributed by atoms with Crippen LogP contribution in [0.1, 0.15) is 20.3 Å². The van der Waals surface area contributed by atoms with Gasteiger partial charge in [0.2, 0.25) is 5.65 Å². The molecular formula is C13H19N5O. The number of nitrogens with zero attached hydrogens (tertiary/aromatic N) is 5. The fraction of sp³-hybridized carbons (Fsp3) is 0.615. The highest BCUT2D eigenvalue weighted by atomic mass is 16.5. The van der Waals surface area contributed by atoms with Gasteiger partial charge in [-0.15, -0.1) is 10.2 Å². The van der Waals surface area contributed by atoms with Crippen molar-refractivity contribution < 1.29 is 4.74 Å². The molecule has 1 unspecified atom stereocenters. The van der Waals surface area contributed by atoms with E-state index in [1.54, 1.807) is 12.5 Å². The molecule has 0 radical (unpaired) electrons. The van der Waals surface area contributed by atoms with E-state index in [1.807, 2.05) is 10.6 Å². The van der Waals surface area contributed by atoms with Crippen LogP contribution in [0.4, 0.5) is 5.82 Å². The van der Waals surface area contributed by atoms with Crippen molar-refractivity contribution in [3.05, 3.63) is 18.7 Å². The molecule has 0 aromatic carbocycles. The molecule has 3 rings (SSSR count). The normalized spacial score (nSPS) is 19.7. The predicted octanol–water partition coefficient (Wildman–Crippen LogP) is 1.38. The first kappa shape index (κ1) is 12.3. The molecule has 2 aromatic rings. The van der Waals surface area contributed by atoms with Gasteiger partial charge in [0.15, 0.2) is 5.82 Å². The van der Waals surface area contributed by atoms with Gasteiger partial charge in [0, 0.05) is 32.1 Å². The monoisotopic (exact) mass is 261 g/mol. The lowest BCUT2D eigenvalue weighted by Gasteiger charge is -2.18. The van der Waals surface area contributed by atoms with Gasteiger partial charge >= 0.3 is 0 Å². The molecule has 1 saturated heterocycles. The quantitative estimate of drug-likeness (QED) is 0.832. The summed E-state index contributed by atoms with van der Waals surface area (Å²) in [6.07, 6.45) is 6.69. The Morgan fingerprint density at radius 1 is 1.47 bits per heavy atom. The lowest BCUT2D eigenvalue weighted by molar-refractivity contribution is 0.0497. The van der Waals surface area contributed by atoms with Gasteiger partial charge in [0.1, 0.15) is 6.33 Å². The lowest BCUT2D eigenvalue weighted by Crippen LogP contribution is -2.25. The van der Waals surface area contributed by atoms with Gasteiger partial charge < -0.3 is 9.64 Å². The zero-order valence-corrected chi connectivity index (χ0v) is 11.4. The molecule has 0 aliphatic carbocycles. The summed E-state index contributed by atoms with van der Waals surface area (Å²) in [6.45, 7) is 7.01. The molecule has 1 aliphatic heterocycles. The van der Waals surface area contributed by atoms with Crippen LogP contribution in [0.5, 0.6) is 0 Å². The van der Waals surface area contributed by atoms with Crippen molar-refractivity contribution in [2.24, 2.45) is 5.92 Å². The third kappa shape index (κ3) is 2.53. The lowest BCUT2D eigenvalue weighted by atomic mass is 10.2. The Balaban J connectivity index is 1.72. The van der Waals surface area contributed by atoms with Crippen molar-refractivity contribution in [2.45, 2.75) is 26.4 Å². The molecule has 1 atom stereocenters. The second-order valence-corrected chi connectivity index (χ2v) is 5.40. The number of ether oxygens (including phenoxy) is 1. The third-order valence-electron chi connectivity index (χ3n) is 3.31. The molecule has 3 heterocycles. The molecule has 102 valence electrons. The Morgan fingerprint density at radius 3 is 3.21 bits per heavy atom. The van der Waals surface area contributed by atoms with Crippen molar-refractivity contribution >= 4 is 11.5 Å². The van der Waals surface area contributed by atoms with Crippen molar-refractivity contribution in [1.82, 2.24) is 19.6 Å². The van der Waals surface area contributed by atoms with Crippen LogP contribution in [-0.4, -0.2) is 45.4 Å². The molecule has 0 N–H and O–H groups in total. The Bertz CT molecular complexity index is 553. The van der Waals surface area contributed by atoms with Crippen LogP contribution in [-0.2, 0) is 4.74 Å². The third-order valence-corrected chi connectivity index (χ3v) is 3.31. The van der Waals surface area contributed by atoms with E-state index >= 15 is 0 Å². The van der Waals surface area contributed by atoms with E-state index < -0.39 is 0 Å². The number of rotatable bonds is 4. The number of fused-ring (bicyclic) bond motifs is 1. The largest absolute Gasteiger partial charge is 0.376 e. The highest BCUT2D eigenvalue weighted by Crippen LogP contribution is 2.23. The van der Waals surface area contributed by atoms with Crippen LogP contribution in [0.15, 0.2) is 18.7 Å². The maximum absolute atomic E-state index is 5.90. The average molecular weight is 261 g/mol. The summed E-state index contributed by atoms with van der Waals surface area (Å²) in [5.74, 6) is 1.47. The van der Waals surface area contributed by atoms with Crippen molar-refractivity contribution in [1.29, 1.82) is 0 Å². The summed E-state index contributed by atoms with van der Waals surface area (Å²) in [5, 5.41) is 8.06. The molecule has 6 nitrogen and oxygen atoms in total. The fourth-order valence-electron chi connectivity index (χ4n) is 2.35. The maximum atomic E-state index is 5.90. The highest BCUT2D eigenvalue weighted by molar-refractivity contribution is 5.63. The minimum Gasteiger partial charge on any atom is -0.376 e. The van der Waals surface area contributed by atoms with Crippen LogP contribution in [0, 0.1) is 5.92 Å². The van der Waals surface area contributed by atoms with Gasteiger partial charge in [0.25, 0.3) is 0 Å². The van der Waals surface area contributed by atoms with Crippen LogP contribution < -0.4 is 4.90 Å². The number of aromatic nitrogens is 4. The van der Waals surface area contributed by atoms with Crippen molar-refractivity contribution in [3.8, 4) is 0 Å². The molecule has 0 bridgehead atoms. The zero-order valence-electron chi connectivity index (χ0n) is 11.4. The van der Waals surface area contributed by atoms with Crippen molar-refractivity contribution in [3.63, 3.8) is 0 Å². The van der Waals surface area contributed by atoms with Gasteiger partial charge in [-0.25, -0.2) is 4.98 Å². The molecule has 19 heavy (non-hydrogen) atoms. The second kappa shape index (κ2) is 5.13. The first-order valence-corrected chi connectivity index (χ1v) is 6.75. The van der Waals surface area contributed by atoms with Gasteiger partial charge in [-0.3, -0.25) is 4.40 Å². The Hall–Kier alpha value is -1.69. The number of hydrogen-bond acceptors (Lipinski definition) is 5. The average Bonchev–Trinajstić information content (AvgIpc) is 3.04. The van der Waals surface area contributed by atoms with E-state index in [9.17, 15) is 0 Å². The standard InChI is InChI=1S/C13H19N5O/c1-10(2)8-19-11-3-5-17(7-11)12-13-16-15-9-18(13)6-4-14-12/h4,6,9-11H,3,5,7-8H2,1-2H3. The zero-order chi connectivity index (χ0) is 13.2. The van der Waals surface area contributed by atoms with E-state index in [-0.39, 0.29) is 0 Å². The first-order chi connectivity index (χ1) is 9.24. The Kier molecular flexibility index (Phi) is 3.33. The summed E-state index contributed by atoms with van der Waals surface area (Å²) in [4.78, 5) is 6.67. The highest BCUT2D eigenvalue weighted by Gasteiger charge is 2.26. The molecule has 0 spiro atoms. The second-order valence-electron chi connectivity index (χ2n) is 5.40. The van der Waals surface area contributed by atoms with Crippen LogP contribution >= 0.6 is 0 Å². The van der Waals surface area contributed by atoms with Gasteiger partial charge in [-0.1, -0.05) is 13.8 Å². The van der Waals surface area contributed by atoms with Crippen LogP contribution in [0.2, 0.25) is 0 Å². The predicted molar refractivity (Wildman–Crippen MR) is 72.2 cm³/mol. The SMILES string of the molecule is CC(C)COC1CCN(c2nccn3cnnc23)C1. The van der Waals surface area contributed by atoms with Gasteiger partial charge in [-0.05, 0) is 12.3 Å². The summed E-state index contributed by atoms with van der Waals surface area (Å²) < 4.78 is 7.79. The Morgan fingerprint density at radius 2 is 2.37 bits per heavy atom. The van der Waals surface area contributed by atoms with E-state index in [2.05, 4.69) is 33.9 Å². The molecular weight excluding hydrogens is 242 g/mol. The molecule has 2 aromatic heterocycles. The summed E-state index contributed by atoms with van der Waals surface area (Å²) in [7, 11) is 0. The summed E-state index contributed by atoms with van der Waals surface area (Å²) >= 11 is 0. The molecule has 1 fully saturated rings. The van der Waals surface area contributed by atoms with Crippen LogP contribution in [0.3, 0.4) is 0 Å². The van der Waals surface area contributed by atoms with Crippen LogP contribution in [0.25, 0.3) is 5.65 Å². The van der Waals surface area contributed by atoms with Gasteiger partial charge in [0.05, 0.1) is 6.10 Å². The minimum absolute atomic E-state index is 0.298. The molecule has 0 saturated carbocycles. The summed E-state index contributed by atoms with van der Waals surface area (Å²) in [6, 6.07) is 0. The topological polar surface area (TPSA) is 55.5 Å². The number of hydrogen-bond donors (Lipinski definition) is 0. The maximum Gasteiger partial charge on any atom is 0.203 e. The van der Waals surface area contributed by atoms with E-state index in [0.717, 1.165) is 37.6 Å². The Labute approximate surface area is 112 Å². The van der Waals surface area contributed by atoms with E-state index in [0.29, 0.717) is 12.0 Å². The molecule has 1 aliphatic rings. The first-order valence-electron chi connectivity index (χ1n) is 6.75. The minimum atomic E-state index is 0.298. The van der Waals surface area contributed by atoms with E-state index in [4.69, 9.17) is 4.74 Å². The fourth-order valence-corrected chi connectivity index (χ4v) is 2.35. The smallest absolute Gasteiger partial charge is 0.203 e. The molecule has 0 amide bonds. The molecule has 6 heteroatoms. The number of anilines is 1. The van der Waals surface area contributed by atoms with Gasteiger partial charge in [-0.2, -0.15) is 0 Å². The van der Waals surface area contributed by atoms with E-state index in [1.165, 1.54) is 0 Å². The van der Waals surface area contributed by atoms with Crippen molar-refractivity contribution in [2.75, 3.05) is 24.6 Å². The summed E-state index contributed by atoms with van der Waals surface area (Å²) in [5.41, 5.74) is 0.812.